The molecule has 18 heavy (non-hydrogen) atoms. The molecule has 3 heteroatoms. The number of hydrogen-bond donors (Lipinski definition) is 1. The van der Waals surface area contributed by atoms with Gasteiger partial charge in [0.15, 0.2) is 0 Å². The number of benzene rings is 1. The van der Waals surface area contributed by atoms with Crippen molar-refractivity contribution in [3.8, 4) is 0 Å². The van der Waals surface area contributed by atoms with Crippen molar-refractivity contribution in [2.75, 3.05) is 38.7 Å². The Balaban J connectivity index is 1.74. The molecule has 0 amide bonds. The van der Waals surface area contributed by atoms with Gasteiger partial charge in [-0.25, -0.2) is 0 Å². The summed E-state index contributed by atoms with van der Waals surface area (Å²) in [6.45, 7) is 6.38. The molecule has 1 saturated heterocycles. The summed E-state index contributed by atoms with van der Waals surface area (Å²) in [5.41, 5.74) is 2.56. The summed E-state index contributed by atoms with van der Waals surface area (Å²) in [5.74, 6) is 0. The average Bonchev–Trinajstić information content (AvgIpc) is 2.41. The maximum absolute atomic E-state index is 5.12. The minimum absolute atomic E-state index is 0.617. The third-order valence-corrected chi connectivity index (χ3v) is 3.62. The van der Waals surface area contributed by atoms with Crippen LogP contribution in [-0.2, 0) is 4.74 Å². The monoisotopic (exact) mass is 248 g/mol. The lowest BCUT2D eigenvalue weighted by molar-refractivity contribution is 0.132. The first-order valence-corrected chi connectivity index (χ1v) is 6.82. The first-order valence-electron chi connectivity index (χ1n) is 6.82. The quantitative estimate of drug-likeness (QED) is 0.866. The Labute approximate surface area is 110 Å². The molecule has 0 bridgehead atoms. The van der Waals surface area contributed by atoms with Crippen LogP contribution >= 0.6 is 0 Å². The maximum Gasteiger partial charge on any atom is 0.0589 e. The van der Waals surface area contributed by atoms with Crippen LogP contribution in [-0.4, -0.2) is 44.3 Å². The molecule has 2 rings (SSSR count). The van der Waals surface area contributed by atoms with Crippen LogP contribution in [0.3, 0.4) is 0 Å². The van der Waals surface area contributed by atoms with E-state index in [1.165, 1.54) is 37.2 Å². The van der Waals surface area contributed by atoms with Gasteiger partial charge in [-0.15, -0.1) is 0 Å². The zero-order valence-electron chi connectivity index (χ0n) is 11.5. The lowest BCUT2D eigenvalue weighted by Crippen LogP contribution is -2.40. The van der Waals surface area contributed by atoms with Crippen molar-refractivity contribution in [2.24, 2.45) is 0 Å². The number of piperidine rings is 1. The fraction of sp³-hybridized carbons (Fsp3) is 0.600. The van der Waals surface area contributed by atoms with E-state index >= 15 is 0 Å². The molecule has 1 aliphatic rings. The van der Waals surface area contributed by atoms with Gasteiger partial charge in [0.25, 0.3) is 0 Å². The van der Waals surface area contributed by atoms with E-state index in [1.54, 1.807) is 7.11 Å². The van der Waals surface area contributed by atoms with E-state index in [9.17, 15) is 0 Å². The fourth-order valence-corrected chi connectivity index (χ4v) is 2.41. The maximum atomic E-state index is 5.12. The summed E-state index contributed by atoms with van der Waals surface area (Å²) >= 11 is 0. The number of nitrogens with one attached hydrogen (secondary N) is 1. The first-order chi connectivity index (χ1) is 8.78. The van der Waals surface area contributed by atoms with Gasteiger partial charge in [-0.3, -0.25) is 0 Å². The topological polar surface area (TPSA) is 24.5 Å². The van der Waals surface area contributed by atoms with Gasteiger partial charge in [0, 0.05) is 38.5 Å². The van der Waals surface area contributed by atoms with Crippen molar-refractivity contribution in [3.63, 3.8) is 0 Å². The van der Waals surface area contributed by atoms with Gasteiger partial charge in [0.05, 0.1) is 6.61 Å². The van der Waals surface area contributed by atoms with Crippen molar-refractivity contribution in [1.29, 1.82) is 0 Å². The van der Waals surface area contributed by atoms with Crippen LogP contribution in [0.25, 0.3) is 0 Å². The molecule has 0 unspecified atom stereocenters. The molecule has 0 aliphatic carbocycles. The molecule has 1 N–H and O–H groups in total. The third kappa shape index (κ3) is 4.00. The fourth-order valence-electron chi connectivity index (χ4n) is 2.41. The molecule has 0 aromatic heterocycles. The Bertz CT molecular complexity index is 342. The van der Waals surface area contributed by atoms with Crippen LogP contribution in [0.1, 0.15) is 18.4 Å². The summed E-state index contributed by atoms with van der Waals surface area (Å²) in [5, 5.41) is 3.63. The van der Waals surface area contributed by atoms with Crippen molar-refractivity contribution in [1.82, 2.24) is 4.90 Å². The van der Waals surface area contributed by atoms with Gasteiger partial charge in [-0.05, 0) is 31.9 Å². The van der Waals surface area contributed by atoms with E-state index in [2.05, 4.69) is 41.4 Å². The minimum atomic E-state index is 0.617. The Morgan fingerprint density at radius 2 is 1.89 bits per heavy atom. The van der Waals surface area contributed by atoms with Gasteiger partial charge < -0.3 is 15.0 Å². The van der Waals surface area contributed by atoms with Crippen LogP contribution in [0.15, 0.2) is 24.3 Å². The molecule has 1 aromatic carbocycles. The second-order valence-corrected chi connectivity index (χ2v) is 5.12. The predicted octanol–water partition coefficient (Wildman–Crippen LogP) is 2.52. The summed E-state index contributed by atoms with van der Waals surface area (Å²) in [7, 11) is 1.77. The highest BCUT2D eigenvalue weighted by Crippen LogP contribution is 2.16. The number of likely N-dealkylation sites (tertiary alicyclic amines) is 1. The highest BCUT2D eigenvalue weighted by molar-refractivity contribution is 5.45. The van der Waals surface area contributed by atoms with Crippen LogP contribution in [0, 0.1) is 6.92 Å². The number of nitrogens with zero attached hydrogens (tertiary/aromatic N) is 1. The molecular weight excluding hydrogens is 224 g/mol. The van der Waals surface area contributed by atoms with Gasteiger partial charge in [-0.2, -0.15) is 0 Å². The van der Waals surface area contributed by atoms with E-state index in [0.29, 0.717) is 6.04 Å². The highest BCUT2D eigenvalue weighted by atomic mass is 16.5. The molecule has 100 valence electrons. The zero-order valence-corrected chi connectivity index (χ0v) is 11.5. The third-order valence-electron chi connectivity index (χ3n) is 3.62. The summed E-state index contributed by atoms with van der Waals surface area (Å²) in [4.78, 5) is 2.48. The second-order valence-electron chi connectivity index (χ2n) is 5.12. The van der Waals surface area contributed by atoms with E-state index in [-0.39, 0.29) is 0 Å². The van der Waals surface area contributed by atoms with Crippen molar-refractivity contribution in [2.45, 2.75) is 25.8 Å². The van der Waals surface area contributed by atoms with Crippen LogP contribution in [0.2, 0.25) is 0 Å². The molecule has 0 spiro atoms. The first kappa shape index (κ1) is 13.4. The van der Waals surface area contributed by atoms with Gasteiger partial charge in [0.1, 0.15) is 0 Å². The van der Waals surface area contributed by atoms with Gasteiger partial charge in [-0.1, -0.05) is 17.7 Å². The van der Waals surface area contributed by atoms with Crippen molar-refractivity contribution >= 4 is 5.69 Å². The normalized spacial score (nSPS) is 17.9. The molecule has 0 atom stereocenters. The number of hydrogen-bond acceptors (Lipinski definition) is 3. The number of aryl methyl sites for hydroxylation is 1. The highest BCUT2D eigenvalue weighted by Gasteiger charge is 2.18. The van der Waals surface area contributed by atoms with Gasteiger partial charge in [0.2, 0.25) is 0 Å². The molecule has 0 saturated carbocycles. The smallest absolute Gasteiger partial charge is 0.0589 e. The minimum Gasteiger partial charge on any atom is -0.383 e. The summed E-state index contributed by atoms with van der Waals surface area (Å²) in [6, 6.07) is 9.29. The van der Waals surface area contributed by atoms with Crippen LogP contribution in [0.4, 0.5) is 5.69 Å². The second kappa shape index (κ2) is 6.76. The molecule has 1 heterocycles. The Kier molecular flexibility index (Phi) is 5.02. The van der Waals surface area contributed by atoms with Crippen molar-refractivity contribution < 1.29 is 4.74 Å². The van der Waals surface area contributed by atoms with E-state index in [0.717, 1.165) is 13.2 Å². The Hall–Kier alpha value is -1.06. The van der Waals surface area contributed by atoms with E-state index < -0.39 is 0 Å². The lowest BCUT2D eigenvalue weighted by Gasteiger charge is -2.32. The van der Waals surface area contributed by atoms with E-state index in [4.69, 9.17) is 4.74 Å². The SMILES string of the molecule is COCCN1CCC(Nc2ccc(C)cc2)CC1. The number of ether oxygens (including phenoxy) is 1. The van der Waals surface area contributed by atoms with Crippen LogP contribution in [0.5, 0.6) is 0 Å². The summed E-state index contributed by atoms with van der Waals surface area (Å²) in [6.07, 6.45) is 2.44. The standard InChI is InChI=1S/C15H24N2O/c1-13-3-5-14(6-4-13)16-15-7-9-17(10-8-15)11-12-18-2/h3-6,15-16H,7-12H2,1-2H3. The largest absolute Gasteiger partial charge is 0.383 e. The Morgan fingerprint density at radius 1 is 1.22 bits per heavy atom. The average molecular weight is 248 g/mol. The molecule has 1 fully saturated rings. The molecular formula is C15H24N2O. The molecule has 0 radical (unpaired) electrons. The van der Waals surface area contributed by atoms with E-state index in [1.807, 2.05) is 0 Å². The van der Waals surface area contributed by atoms with Crippen molar-refractivity contribution in [3.05, 3.63) is 29.8 Å². The molecule has 1 aliphatic heterocycles. The predicted molar refractivity (Wildman–Crippen MR) is 76.1 cm³/mol. The lowest BCUT2D eigenvalue weighted by atomic mass is 10.0. The Morgan fingerprint density at radius 3 is 2.50 bits per heavy atom. The number of rotatable bonds is 5. The number of methoxy groups -OCH3 is 1. The zero-order chi connectivity index (χ0) is 12.8. The van der Waals surface area contributed by atoms with Gasteiger partial charge >= 0.3 is 0 Å². The van der Waals surface area contributed by atoms with Crippen LogP contribution < -0.4 is 5.32 Å². The summed E-state index contributed by atoms with van der Waals surface area (Å²) < 4.78 is 5.12. The number of anilines is 1. The molecule has 3 nitrogen and oxygen atoms in total. The molecule has 1 aromatic rings.